The number of nitrogens with two attached hydrogens (primary N) is 1. The number of nitrogens with one attached hydrogen (secondary N) is 2. The highest BCUT2D eigenvalue weighted by Crippen LogP contribution is 2.26. The molecule has 1 atom stereocenters. The Morgan fingerprint density at radius 2 is 1.81 bits per heavy atom. The molecule has 0 aliphatic rings. The Bertz CT molecular complexity index is 725. The SMILES string of the molecule is C[NH+](CCOc1ccccc1)CC(=O)Nc1ccccc1SCC(N)=O. The number of hydrogen-bond donors (Lipinski definition) is 3. The monoisotopic (exact) mass is 374 g/mol. The maximum Gasteiger partial charge on any atom is 0.279 e. The molecule has 4 N–H and O–H groups in total. The van der Waals surface area contributed by atoms with Gasteiger partial charge in [0.2, 0.25) is 5.91 Å². The van der Waals surface area contributed by atoms with E-state index in [0.29, 0.717) is 25.4 Å². The van der Waals surface area contributed by atoms with Crippen LogP contribution in [0.2, 0.25) is 0 Å². The van der Waals surface area contributed by atoms with Gasteiger partial charge in [-0.15, -0.1) is 11.8 Å². The number of ether oxygens (including phenoxy) is 1. The summed E-state index contributed by atoms with van der Waals surface area (Å²) in [6.07, 6.45) is 0. The number of primary amides is 1. The summed E-state index contributed by atoms with van der Waals surface area (Å²) in [5.41, 5.74) is 5.88. The van der Waals surface area contributed by atoms with Crippen LogP contribution in [0.1, 0.15) is 0 Å². The first-order valence-electron chi connectivity index (χ1n) is 8.33. The van der Waals surface area contributed by atoms with E-state index in [9.17, 15) is 9.59 Å². The molecular formula is C19H24N3O3S+. The molecule has 2 amide bonds. The smallest absolute Gasteiger partial charge is 0.279 e. The minimum atomic E-state index is -0.390. The van der Waals surface area contributed by atoms with E-state index in [0.717, 1.165) is 15.5 Å². The Kier molecular flexibility index (Phi) is 7.98. The van der Waals surface area contributed by atoms with Gasteiger partial charge in [-0.3, -0.25) is 9.59 Å². The molecule has 1 unspecified atom stereocenters. The number of amides is 2. The van der Waals surface area contributed by atoms with E-state index >= 15 is 0 Å². The maximum atomic E-state index is 12.3. The second-order valence-electron chi connectivity index (χ2n) is 5.84. The Morgan fingerprint density at radius 1 is 1.12 bits per heavy atom. The normalized spacial score (nSPS) is 11.6. The van der Waals surface area contributed by atoms with Crippen LogP contribution in [0.3, 0.4) is 0 Å². The van der Waals surface area contributed by atoms with Crippen LogP contribution in [0.5, 0.6) is 5.75 Å². The van der Waals surface area contributed by atoms with Crippen LogP contribution in [0.4, 0.5) is 5.69 Å². The minimum Gasteiger partial charge on any atom is -0.488 e. The zero-order valence-corrected chi connectivity index (χ0v) is 15.6. The maximum absolute atomic E-state index is 12.3. The molecule has 0 saturated carbocycles. The third-order valence-electron chi connectivity index (χ3n) is 3.53. The summed E-state index contributed by atoms with van der Waals surface area (Å²) in [5.74, 6) is 0.521. The summed E-state index contributed by atoms with van der Waals surface area (Å²) in [7, 11) is 1.95. The Hall–Kier alpha value is -2.51. The number of anilines is 1. The molecule has 7 heteroatoms. The molecule has 0 saturated heterocycles. The van der Waals surface area contributed by atoms with E-state index in [1.165, 1.54) is 11.8 Å². The summed E-state index contributed by atoms with van der Waals surface area (Å²) >= 11 is 1.31. The Morgan fingerprint density at radius 3 is 2.54 bits per heavy atom. The molecule has 0 aromatic heterocycles. The van der Waals surface area contributed by atoms with Crippen molar-refractivity contribution in [1.82, 2.24) is 0 Å². The molecule has 2 aromatic carbocycles. The van der Waals surface area contributed by atoms with Crippen molar-refractivity contribution in [3.8, 4) is 5.75 Å². The van der Waals surface area contributed by atoms with Gasteiger partial charge in [-0.25, -0.2) is 0 Å². The predicted molar refractivity (Wildman–Crippen MR) is 104 cm³/mol. The fraction of sp³-hybridized carbons (Fsp3) is 0.263. The van der Waals surface area contributed by atoms with Crippen molar-refractivity contribution in [2.45, 2.75) is 4.90 Å². The summed E-state index contributed by atoms with van der Waals surface area (Å²) < 4.78 is 5.65. The molecule has 0 fully saturated rings. The van der Waals surface area contributed by atoms with Crippen LogP contribution in [0.25, 0.3) is 0 Å². The van der Waals surface area contributed by atoms with Crippen LogP contribution < -0.4 is 20.7 Å². The van der Waals surface area contributed by atoms with E-state index in [4.69, 9.17) is 10.5 Å². The second-order valence-corrected chi connectivity index (χ2v) is 6.86. The van der Waals surface area contributed by atoms with Gasteiger partial charge in [0.15, 0.2) is 6.54 Å². The standard InChI is InChI=1S/C19H23N3O3S/c1-22(11-12-25-15-7-3-2-4-8-15)13-19(24)21-16-9-5-6-10-17(16)26-14-18(20)23/h2-10H,11-14H2,1H3,(H2,20,23)(H,21,24)/p+1. The van der Waals surface area contributed by atoms with Gasteiger partial charge < -0.3 is 20.7 Å². The molecule has 26 heavy (non-hydrogen) atoms. The van der Waals surface area contributed by atoms with Crippen molar-refractivity contribution in [3.63, 3.8) is 0 Å². The van der Waals surface area contributed by atoms with Gasteiger partial charge >= 0.3 is 0 Å². The molecule has 0 heterocycles. The number of benzene rings is 2. The van der Waals surface area contributed by atoms with Crippen LogP contribution in [0, 0.1) is 0 Å². The topological polar surface area (TPSA) is 85.9 Å². The fourth-order valence-corrected chi connectivity index (χ4v) is 3.01. The molecule has 0 bridgehead atoms. The second kappa shape index (κ2) is 10.5. The predicted octanol–water partition coefficient (Wildman–Crippen LogP) is 0.796. The number of likely N-dealkylation sites (N-methyl/N-ethyl adjacent to an activating group) is 1. The van der Waals surface area contributed by atoms with Crippen molar-refractivity contribution >= 4 is 29.3 Å². The first kappa shape index (κ1) is 19.8. The molecule has 138 valence electrons. The number of carbonyl (C=O) groups excluding carboxylic acids is 2. The molecular weight excluding hydrogens is 350 g/mol. The van der Waals surface area contributed by atoms with Crippen LogP contribution in [-0.2, 0) is 9.59 Å². The van der Waals surface area contributed by atoms with Crippen molar-refractivity contribution in [2.24, 2.45) is 5.73 Å². The van der Waals surface area contributed by atoms with Crippen molar-refractivity contribution in [1.29, 1.82) is 0 Å². The molecule has 0 spiro atoms. The minimum absolute atomic E-state index is 0.0886. The van der Waals surface area contributed by atoms with E-state index < -0.39 is 5.91 Å². The average molecular weight is 374 g/mol. The quantitative estimate of drug-likeness (QED) is 0.537. The molecule has 0 aliphatic carbocycles. The van der Waals surface area contributed by atoms with Gasteiger partial charge in [0.1, 0.15) is 18.9 Å². The lowest BCUT2D eigenvalue weighted by atomic mass is 10.3. The lowest BCUT2D eigenvalue weighted by Gasteiger charge is -2.15. The van der Waals surface area contributed by atoms with Gasteiger partial charge in [-0.2, -0.15) is 0 Å². The molecule has 6 nitrogen and oxygen atoms in total. The molecule has 2 rings (SSSR count). The third-order valence-corrected chi connectivity index (χ3v) is 4.63. The van der Waals surface area contributed by atoms with Gasteiger partial charge in [0, 0.05) is 4.90 Å². The number of para-hydroxylation sites is 2. The Labute approximate surface area is 157 Å². The molecule has 0 radical (unpaired) electrons. The highest BCUT2D eigenvalue weighted by atomic mass is 32.2. The third kappa shape index (κ3) is 7.16. The van der Waals surface area contributed by atoms with Crippen molar-refractivity contribution in [3.05, 3.63) is 54.6 Å². The summed E-state index contributed by atoms with van der Waals surface area (Å²) in [4.78, 5) is 25.1. The number of hydrogen-bond acceptors (Lipinski definition) is 4. The lowest BCUT2D eigenvalue weighted by Crippen LogP contribution is -3.10. The van der Waals surface area contributed by atoms with E-state index in [-0.39, 0.29) is 11.7 Å². The van der Waals surface area contributed by atoms with Gasteiger partial charge in [-0.1, -0.05) is 30.3 Å². The molecule has 2 aromatic rings. The highest BCUT2D eigenvalue weighted by Gasteiger charge is 2.12. The van der Waals surface area contributed by atoms with E-state index in [1.54, 1.807) is 0 Å². The van der Waals surface area contributed by atoms with Crippen LogP contribution in [0.15, 0.2) is 59.5 Å². The number of carbonyl (C=O) groups is 2. The summed E-state index contributed by atoms with van der Waals surface area (Å²) in [5, 5.41) is 2.90. The highest BCUT2D eigenvalue weighted by molar-refractivity contribution is 8.00. The molecule has 0 aliphatic heterocycles. The zero-order valence-electron chi connectivity index (χ0n) is 14.7. The van der Waals surface area contributed by atoms with E-state index in [1.807, 2.05) is 61.6 Å². The first-order valence-corrected chi connectivity index (χ1v) is 9.32. The Balaban J connectivity index is 1.78. The number of rotatable bonds is 10. The summed E-state index contributed by atoms with van der Waals surface area (Å²) in [6.45, 7) is 1.57. The first-order chi connectivity index (χ1) is 12.5. The van der Waals surface area contributed by atoms with Crippen LogP contribution in [-0.4, -0.2) is 44.3 Å². The van der Waals surface area contributed by atoms with Crippen molar-refractivity contribution in [2.75, 3.05) is 37.8 Å². The average Bonchev–Trinajstić information content (AvgIpc) is 2.61. The van der Waals surface area contributed by atoms with E-state index in [2.05, 4.69) is 5.32 Å². The zero-order chi connectivity index (χ0) is 18.8. The largest absolute Gasteiger partial charge is 0.488 e. The number of quaternary nitrogens is 1. The summed E-state index contributed by atoms with van der Waals surface area (Å²) in [6, 6.07) is 17.0. The van der Waals surface area contributed by atoms with Gasteiger partial charge in [0.05, 0.1) is 18.5 Å². The lowest BCUT2D eigenvalue weighted by molar-refractivity contribution is -0.871. The number of thioether (sulfide) groups is 1. The van der Waals surface area contributed by atoms with Gasteiger partial charge in [0.25, 0.3) is 5.91 Å². The van der Waals surface area contributed by atoms with Gasteiger partial charge in [-0.05, 0) is 24.3 Å². The fourth-order valence-electron chi connectivity index (χ4n) is 2.26. The van der Waals surface area contributed by atoms with Crippen molar-refractivity contribution < 1.29 is 19.2 Å². The van der Waals surface area contributed by atoms with Crippen LogP contribution >= 0.6 is 11.8 Å².